The molecule has 3 heteroatoms. The molecule has 0 radical (unpaired) electrons. The van der Waals surface area contributed by atoms with Crippen molar-refractivity contribution in [2.24, 2.45) is 0 Å². The number of hydrogen-bond donors (Lipinski definition) is 0. The fourth-order valence-electron chi connectivity index (χ4n) is 1.33. The molecule has 3 rings (SSSR count). The molecule has 1 aromatic heterocycles. The number of para-hydroxylation sites is 1. The molecule has 1 fully saturated rings. The minimum atomic E-state index is -0.0797. The Bertz CT molecular complexity index is 426. The van der Waals surface area contributed by atoms with Crippen LogP contribution in [-0.4, -0.2) is 11.6 Å². The van der Waals surface area contributed by atoms with Crippen molar-refractivity contribution in [1.29, 1.82) is 0 Å². The molecular weight excluding hydrogens is 182 g/mol. The molecule has 0 bridgehead atoms. The summed E-state index contributed by atoms with van der Waals surface area (Å²) in [4.78, 5) is 4.54. The van der Waals surface area contributed by atoms with E-state index in [1.807, 2.05) is 18.2 Å². The number of ether oxygens (including phenoxy) is 1. The minimum absolute atomic E-state index is 0.0797. The van der Waals surface area contributed by atoms with Crippen LogP contribution < -0.4 is 0 Å². The highest BCUT2D eigenvalue weighted by molar-refractivity contribution is 7.18. The lowest BCUT2D eigenvalue weighted by atomic mass is 10.2. The van der Waals surface area contributed by atoms with Crippen molar-refractivity contribution in [3.05, 3.63) is 29.3 Å². The molecule has 1 unspecified atom stereocenters. The van der Waals surface area contributed by atoms with Crippen LogP contribution in [0.1, 0.15) is 11.9 Å². The lowest BCUT2D eigenvalue weighted by molar-refractivity contribution is 0.329. The highest BCUT2D eigenvalue weighted by atomic mass is 32.1. The predicted octanol–water partition coefficient (Wildman–Crippen LogP) is 2.54. The summed E-state index contributed by atoms with van der Waals surface area (Å²) in [5, 5.41) is 1.11. The third-order valence-corrected chi connectivity index (χ3v) is 3.61. The third-order valence-electron chi connectivity index (χ3n) is 2.32. The van der Waals surface area contributed by atoms with E-state index in [0.29, 0.717) is 0 Å². The molecule has 66 valence electrons. The highest BCUT2D eigenvalue weighted by Crippen LogP contribution is 2.41. The lowest BCUT2D eigenvalue weighted by Gasteiger charge is -1.95. The number of hydrogen-bond acceptors (Lipinski definition) is 3. The lowest BCUT2D eigenvalue weighted by Crippen LogP contribution is -1.99. The maximum absolute atomic E-state index is 5.36. The molecule has 0 aliphatic carbocycles. The Kier molecular flexibility index (Phi) is 1.32. The van der Waals surface area contributed by atoms with E-state index < -0.39 is 0 Å². The van der Waals surface area contributed by atoms with E-state index in [4.69, 9.17) is 4.74 Å². The second-order valence-electron chi connectivity index (χ2n) is 3.51. The smallest absolute Gasteiger partial charge is 0.140 e. The SMILES string of the molecule is CC1(c2nc3ccccc3s2)CO1. The zero-order valence-corrected chi connectivity index (χ0v) is 8.10. The third kappa shape index (κ3) is 1.08. The normalized spacial score (nSPS) is 26.5. The Morgan fingerprint density at radius 1 is 1.46 bits per heavy atom. The van der Waals surface area contributed by atoms with Crippen LogP contribution >= 0.6 is 11.3 Å². The van der Waals surface area contributed by atoms with Crippen LogP contribution in [-0.2, 0) is 10.3 Å². The summed E-state index contributed by atoms with van der Waals surface area (Å²) < 4.78 is 6.60. The van der Waals surface area contributed by atoms with Crippen LogP contribution in [0.25, 0.3) is 10.2 Å². The van der Waals surface area contributed by atoms with Gasteiger partial charge in [0.05, 0.1) is 16.8 Å². The Morgan fingerprint density at radius 3 is 2.92 bits per heavy atom. The van der Waals surface area contributed by atoms with Gasteiger partial charge in [0.1, 0.15) is 10.6 Å². The van der Waals surface area contributed by atoms with Crippen LogP contribution in [0.5, 0.6) is 0 Å². The Balaban J connectivity index is 2.22. The summed E-state index contributed by atoms with van der Waals surface area (Å²) in [5.74, 6) is 0. The van der Waals surface area contributed by atoms with E-state index in [9.17, 15) is 0 Å². The Hall–Kier alpha value is -0.930. The first-order chi connectivity index (χ1) is 6.28. The van der Waals surface area contributed by atoms with E-state index in [-0.39, 0.29) is 5.60 Å². The molecular formula is C10H9NOS. The quantitative estimate of drug-likeness (QED) is 0.647. The van der Waals surface area contributed by atoms with Gasteiger partial charge in [-0.1, -0.05) is 12.1 Å². The van der Waals surface area contributed by atoms with Gasteiger partial charge in [-0.3, -0.25) is 0 Å². The van der Waals surface area contributed by atoms with Crippen molar-refractivity contribution >= 4 is 21.6 Å². The first-order valence-electron chi connectivity index (χ1n) is 4.28. The van der Waals surface area contributed by atoms with Crippen molar-refractivity contribution < 1.29 is 4.74 Å². The standard InChI is InChI=1S/C10H9NOS/c1-10(6-12-10)9-11-7-4-2-3-5-8(7)13-9/h2-5H,6H2,1H3. The predicted molar refractivity (Wildman–Crippen MR) is 52.9 cm³/mol. The summed E-state index contributed by atoms with van der Waals surface area (Å²) >= 11 is 1.73. The fraction of sp³-hybridized carbons (Fsp3) is 0.300. The molecule has 0 N–H and O–H groups in total. The number of fused-ring (bicyclic) bond motifs is 1. The molecule has 2 aromatic rings. The van der Waals surface area contributed by atoms with Crippen molar-refractivity contribution in [1.82, 2.24) is 4.98 Å². The van der Waals surface area contributed by atoms with E-state index in [0.717, 1.165) is 17.1 Å². The number of epoxide rings is 1. The Labute approximate surface area is 80.2 Å². The molecule has 1 aromatic carbocycles. The van der Waals surface area contributed by atoms with E-state index in [1.165, 1.54) is 4.70 Å². The summed E-state index contributed by atoms with van der Waals surface area (Å²) in [7, 11) is 0. The molecule has 0 amide bonds. The van der Waals surface area contributed by atoms with Crippen molar-refractivity contribution in [3.63, 3.8) is 0 Å². The molecule has 1 aliphatic rings. The summed E-state index contributed by atoms with van der Waals surface area (Å²) in [6, 6.07) is 8.20. The number of nitrogens with zero attached hydrogens (tertiary/aromatic N) is 1. The fourth-order valence-corrected chi connectivity index (χ4v) is 2.38. The highest BCUT2D eigenvalue weighted by Gasteiger charge is 2.44. The average Bonchev–Trinajstić information content (AvgIpc) is 2.76. The van der Waals surface area contributed by atoms with Gasteiger partial charge in [-0.15, -0.1) is 11.3 Å². The summed E-state index contributed by atoms with van der Waals surface area (Å²) in [5.41, 5.74) is 1.00. The van der Waals surface area contributed by atoms with Crippen molar-refractivity contribution in [2.75, 3.05) is 6.61 Å². The van der Waals surface area contributed by atoms with Gasteiger partial charge in [-0.05, 0) is 19.1 Å². The van der Waals surface area contributed by atoms with Gasteiger partial charge >= 0.3 is 0 Å². The number of aromatic nitrogens is 1. The zero-order chi connectivity index (χ0) is 8.89. The minimum Gasteiger partial charge on any atom is -0.362 e. The van der Waals surface area contributed by atoms with Gasteiger partial charge in [0.2, 0.25) is 0 Å². The number of benzene rings is 1. The first-order valence-corrected chi connectivity index (χ1v) is 5.10. The van der Waals surface area contributed by atoms with Gasteiger partial charge < -0.3 is 4.74 Å². The molecule has 1 atom stereocenters. The van der Waals surface area contributed by atoms with E-state index in [2.05, 4.69) is 18.0 Å². The topological polar surface area (TPSA) is 25.4 Å². The summed E-state index contributed by atoms with van der Waals surface area (Å²) in [6.45, 7) is 2.90. The van der Waals surface area contributed by atoms with Crippen LogP contribution in [0, 0.1) is 0 Å². The largest absolute Gasteiger partial charge is 0.362 e. The molecule has 13 heavy (non-hydrogen) atoms. The molecule has 1 saturated heterocycles. The second-order valence-corrected chi connectivity index (χ2v) is 4.54. The summed E-state index contributed by atoms with van der Waals surface area (Å²) in [6.07, 6.45) is 0. The maximum Gasteiger partial charge on any atom is 0.140 e. The van der Waals surface area contributed by atoms with Crippen molar-refractivity contribution in [3.8, 4) is 0 Å². The Morgan fingerprint density at radius 2 is 2.23 bits per heavy atom. The monoisotopic (exact) mass is 191 g/mol. The first kappa shape index (κ1) is 7.47. The molecule has 1 aliphatic heterocycles. The van der Waals surface area contributed by atoms with E-state index in [1.54, 1.807) is 11.3 Å². The van der Waals surface area contributed by atoms with Crippen LogP contribution in [0.2, 0.25) is 0 Å². The molecule has 2 nitrogen and oxygen atoms in total. The van der Waals surface area contributed by atoms with Crippen molar-refractivity contribution in [2.45, 2.75) is 12.5 Å². The van der Waals surface area contributed by atoms with Gasteiger partial charge in [0, 0.05) is 0 Å². The number of rotatable bonds is 1. The van der Waals surface area contributed by atoms with Gasteiger partial charge in [-0.25, -0.2) is 4.98 Å². The molecule has 2 heterocycles. The van der Waals surface area contributed by atoms with Crippen LogP contribution in [0.15, 0.2) is 24.3 Å². The molecule has 0 saturated carbocycles. The van der Waals surface area contributed by atoms with Crippen LogP contribution in [0.4, 0.5) is 0 Å². The van der Waals surface area contributed by atoms with Gasteiger partial charge in [-0.2, -0.15) is 0 Å². The average molecular weight is 191 g/mol. The van der Waals surface area contributed by atoms with Gasteiger partial charge in [0.15, 0.2) is 0 Å². The molecule has 0 spiro atoms. The second kappa shape index (κ2) is 2.30. The number of thiazole rings is 1. The van der Waals surface area contributed by atoms with E-state index >= 15 is 0 Å². The maximum atomic E-state index is 5.36. The van der Waals surface area contributed by atoms with Gasteiger partial charge in [0.25, 0.3) is 0 Å². The zero-order valence-electron chi connectivity index (χ0n) is 7.28. The van der Waals surface area contributed by atoms with Crippen LogP contribution in [0.3, 0.4) is 0 Å².